The Balaban J connectivity index is 1.46. The molecule has 5 heteroatoms. The molecule has 0 saturated carbocycles. The average molecular weight is 501 g/mol. The summed E-state index contributed by atoms with van der Waals surface area (Å²) < 4.78 is 11.1. The zero-order chi connectivity index (χ0) is 26.3. The molecule has 3 rings (SSSR count). The molecule has 0 radical (unpaired) electrons. The van der Waals surface area contributed by atoms with E-state index in [-0.39, 0.29) is 0 Å². The first kappa shape index (κ1) is 28.1. The molecule has 3 aromatic rings. The van der Waals surface area contributed by atoms with Gasteiger partial charge in [-0.05, 0) is 91.8 Å². The summed E-state index contributed by atoms with van der Waals surface area (Å²) >= 11 is 0. The Labute approximate surface area is 222 Å². The highest BCUT2D eigenvalue weighted by atomic mass is 16.5. The van der Waals surface area contributed by atoms with Crippen LogP contribution in [0.2, 0.25) is 0 Å². The van der Waals surface area contributed by atoms with Gasteiger partial charge in [0, 0.05) is 18.0 Å². The van der Waals surface area contributed by atoms with Crippen molar-refractivity contribution in [1.29, 1.82) is 0 Å². The van der Waals surface area contributed by atoms with Crippen molar-refractivity contribution >= 4 is 5.97 Å². The minimum atomic E-state index is -0.414. The van der Waals surface area contributed by atoms with Crippen LogP contribution in [-0.4, -0.2) is 15.9 Å². The Hall–Kier alpha value is -3.47. The summed E-state index contributed by atoms with van der Waals surface area (Å²) in [4.78, 5) is 21.6. The molecule has 196 valence electrons. The predicted molar refractivity (Wildman–Crippen MR) is 150 cm³/mol. The first-order valence-electron chi connectivity index (χ1n) is 13.6. The minimum absolute atomic E-state index is 0.414. The number of carbonyl (C=O) groups is 1. The van der Waals surface area contributed by atoms with E-state index in [2.05, 4.69) is 30.7 Å². The molecule has 0 saturated heterocycles. The van der Waals surface area contributed by atoms with Crippen molar-refractivity contribution in [3.63, 3.8) is 0 Å². The number of hydrogen-bond acceptors (Lipinski definition) is 5. The number of ether oxygens (including phenoxy) is 2. The van der Waals surface area contributed by atoms with E-state index in [1.165, 1.54) is 44.9 Å². The van der Waals surface area contributed by atoms with E-state index in [0.29, 0.717) is 22.9 Å². The van der Waals surface area contributed by atoms with Gasteiger partial charge >= 0.3 is 5.97 Å². The molecule has 0 amide bonds. The molecule has 37 heavy (non-hydrogen) atoms. The van der Waals surface area contributed by atoms with E-state index in [0.717, 1.165) is 29.9 Å². The fourth-order valence-electron chi connectivity index (χ4n) is 3.87. The van der Waals surface area contributed by atoms with Gasteiger partial charge in [-0.3, -0.25) is 0 Å². The zero-order valence-corrected chi connectivity index (χ0v) is 22.5. The molecule has 0 bridgehead atoms. The van der Waals surface area contributed by atoms with Crippen LogP contribution in [0.15, 0.2) is 73.3 Å². The number of allylic oxidation sites excluding steroid dienone is 1. The summed E-state index contributed by atoms with van der Waals surface area (Å²) in [6.07, 6.45) is 18.1. The molecule has 0 aliphatic rings. The summed E-state index contributed by atoms with van der Waals surface area (Å²) in [6, 6.07) is 14.2. The normalized spacial score (nSPS) is 12.0. The van der Waals surface area contributed by atoms with Crippen LogP contribution >= 0.6 is 0 Å². The lowest BCUT2D eigenvalue weighted by Gasteiger charge is -2.08. The highest BCUT2D eigenvalue weighted by Gasteiger charge is 2.10. The van der Waals surface area contributed by atoms with Gasteiger partial charge < -0.3 is 9.47 Å². The lowest BCUT2D eigenvalue weighted by atomic mass is 10.00. The van der Waals surface area contributed by atoms with Crippen molar-refractivity contribution in [3.8, 4) is 22.9 Å². The summed E-state index contributed by atoms with van der Waals surface area (Å²) in [5, 5.41) is 0. The van der Waals surface area contributed by atoms with Crippen molar-refractivity contribution in [2.45, 2.75) is 78.6 Å². The van der Waals surface area contributed by atoms with Crippen molar-refractivity contribution in [3.05, 3.63) is 84.4 Å². The van der Waals surface area contributed by atoms with Gasteiger partial charge in [-0.2, -0.15) is 0 Å². The molecule has 5 nitrogen and oxygen atoms in total. The quantitative estimate of drug-likeness (QED) is 0.0905. The number of hydrogen-bond donors (Lipinski definition) is 0. The molecule has 1 atom stereocenters. The largest absolute Gasteiger partial charge is 0.465 e. The number of benzene rings is 2. The maximum Gasteiger partial charge on any atom is 0.343 e. The topological polar surface area (TPSA) is 61.3 Å². The maximum absolute atomic E-state index is 12.5. The van der Waals surface area contributed by atoms with Crippen molar-refractivity contribution in [1.82, 2.24) is 9.97 Å². The van der Waals surface area contributed by atoms with E-state index < -0.39 is 5.97 Å². The van der Waals surface area contributed by atoms with Crippen LogP contribution in [0.4, 0.5) is 0 Å². The Morgan fingerprint density at radius 3 is 2.27 bits per heavy atom. The van der Waals surface area contributed by atoms with Crippen LogP contribution in [-0.2, 0) is 6.42 Å². The lowest BCUT2D eigenvalue weighted by molar-refractivity contribution is 0.0734. The maximum atomic E-state index is 12.5. The molecule has 2 aromatic carbocycles. The number of rotatable bonds is 15. The summed E-state index contributed by atoms with van der Waals surface area (Å²) in [7, 11) is 0. The van der Waals surface area contributed by atoms with Gasteiger partial charge in [-0.1, -0.05) is 52.9 Å². The second-order valence-corrected chi connectivity index (χ2v) is 9.60. The van der Waals surface area contributed by atoms with Crippen LogP contribution < -0.4 is 9.47 Å². The third-order valence-corrected chi connectivity index (χ3v) is 6.50. The standard InChI is InChI=1S/C32H40N2O3/c1-4-6-7-8-11-22-36-29-18-16-28(17-19-29)32(35)37-30-20-14-27(15-21-30)31-33-23-26(24-34-31)13-10-9-12-25(3)5-2/h11,14-25H,4-10,12-13H2,1-3H3/b22-11+/t25-/m0/s1. The molecule has 0 spiro atoms. The highest BCUT2D eigenvalue weighted by Crippen LogP contribution is 2.21. The van der Waals surface area contributed by atoms with Crippen molar-refractivity contribution in [2.75, 3.05) is 0 Å². The molecular weight excluding hydrogens is 460 g/mol. The lowest BCUT2D eigenvalue weighted by Crippen LogP contribution is -2.08. The van der Waals surface area contributed by atoms with Gasteiger partial charge in [-0.15, -0.1) is 0 Å². The van der Waals surface area contributed by atoms with E-state index >= 15 is 0 Å². The third kappa shape index (κ3) is 9.83. The second-order valence-electron chi connectivity index (χ2n) is 9.60. The Bertz CT molecular complexity index is 1090. The summed E-state index contributed by atoms with van der Waals surface area (Å²) in [5.74, 6) is 2.21. The fraction of sp³-hybridized carbons (Fsp3) is 0.406. The van der Waals surface area contributed by atoms with E-state index in [9.17, 15) is 4.79 Å². The molecule has 0 N–H and O–H groups in total. The molecule has 0 fully saturated rings. The highest BCUT2D eigenvalue weighted by molar-refractivity contribution is 5.91. The number of aromatic nitrogens is 2. The fourth-order valence-corrected chi connectivity index (χ4v) is 3.87. The van der Waals surface area contributed by atoms with Crippen LogP contribution in [0.25, 0.3) is 11.4 Å². The second kappa shape index (κ2) is 15.6. The first-order valence-corrected chi connectivity index (χ1v) is 13.6. The summed E-state index contributed by atoms with van der Waals surface area (Å²) in [5.41, 5.74) is 2.51. The Morgan fingerprint density at radius 1 is 0.892 bits per heavy atom. The molecule has 1 heterocycles. The molecular formula is C32H40N2O3. The van der Waals surface area contributed by atoms with Crippen molar-refractivity contribution < 1.29 is 14.3 Å². The number of aryl methyl sites for hydroxylation is 1. The van der Waals surface area contributed by atoms with Gasteiger partial charge in [0.15, 0.2) is 5.82 Å². The van der Waals surface area contributed by atoms with E-state index in [1.807, 2.05) is 30.6 Å². The monoisotopic (exact) mass is 500 g/mol. The van der Waals surface area contributed by atoms with Gasteiger partial charge in [0.05, 0.1) is 11.8 Å². The number of unbranched alkanes of at least 4 members (excludes halogenated alkanes) is 4. The van der Waals surface area contributed by atoms with Crippen molar-refractivity contribution in [2.24, 2.45) is 5.92 Å². The number of nitrogens with zero attached hydrogens (tertiary/aromatic N) is 2. The molecule has 0 aliphatic heterocycles. The van der Waals surface area contributed by atoms with Gasteiger partial charge in [0.1, 0.15) is 11.5 Å². The predicted octanol–water partition coefficient (Wildman–Crippen LogP) is 8.59. The molecule has 0 aliphatic carbocycles. The molecule has 1 aromatic heterocycles. The first-order chi connectivity index (χ1) is 18.1. The zero-order valence-electron chi connectivity index (χ0n) is 22.5. The van der Waals surface area contributed by atoms with Gasteiger partial charge in [0.2, 0.25) is 0 Å². The Kier molecular flexibility index (Phi) is 11.9. The van der Waals surface area contributed by atoms with E-state index in [4.69, 9.17) is 9.47 Å². The number of carbonyl (C=O) groups excluding carboxylic acids is 1. The van der Waals surface area contributed by atoms with Crippen LogP contribution in [0.1, 0.15) is 88.1 Å². The van der Waals surface area contributed by atoms with E-state index in [1.54, 1.807) is 42.7 Å². The minimum Gasteiger partial charge on any atom is -0.465 e. The van der Waals surface area contributed by atoms with Crippen LogP contribution in [0.3, 0.4) is 0 Å². The SMILES string of the molecule is CCCCC/C=C/Oc1ccc(C(=O)Oc2ccc(-c3ncc(CCCC[C@@H](C)CC)cn3)cc2)cc1. The smallest absolute Gasteiger partial charge is 0.343 e. The molecule has 0 unspecified atom stereocenters. The average Bonchev–Trinajstić information content (AvgIpc) is 2.94. The third-order valence-electron chi connectivity index (χ3n) is 6.50. The van der Waals surface area contributed by atoms with Crippen LogP contribution in [0, 0.1) is 5.92 Å². The van der Waals surface area contributed by atoms with Crippen LogP contribution in [0.5, 0.6) is 11.5 Å². The number of esters is 1. The van der Waals surface area contributed by atoms with Gasteiger partial charge in [-0.25, -0.2) is 14.8 Å². The summed E-state index contributed by atoms with van der Waals surface area (Å²) in [6.45, 7) is 6.75. The Morgan fingerprint density at radius 2 is 1.59 bits per heavy atom. The van der Waals surface area contributed by atoms with Gasteiger partial charge in [0.25, 0.3) is 0 Å².